The number of carbonyl (C=O) groups is 2. The van der Waals surface area contributed by atoms with Crippen molar-refractivity contribution >= 4 is 11.9 Å². The van der Waals surface area contributed by atoms with E-state index in [0.717, 1.165) is 18.4 Å². The van der Waals surface area contributed by atoms with E-state index in [-0.39, 0.29) is 12.5 Å². The van der Waals surface area contributed by atoms with Gasteiger partial charge < -0.3 is 14.7 Å². The van der Waals surface area contributed by atoms with Gasteiger partial charge in [0.15, 0.2) is 0 Å². The minimum atomic E-state index is -3.38. The first-order chi connectivity index (χ1) is 15.3. The van der Waals surface area contributed by atoms with Crippen LogP contribution in [0.5, 0.6) is 0 Å². The second kappa shape index (κ2) is 13.0. The molecule has 0 aromatic heterocycles. The molecule has 0 bridgehead atoms. The van der Waals surface area contributed by atoms with Crippen LogP contribution in [0.3, 0.4) is 0 Å². The molecule has 0 saturated carbocycles. The number of aliphatic hydroxyl groups is 1. The SMILES string of the molecule is COC(=O)CCCCCCN1C(=O)C(F)(F)C[C@@H]1C=C[C@@H](O)CCC#Cc1ccccc1. The molecule has 0 aliphatic carbocycles. The van der Waals surface area contributed by atoms with Crippen molar-refractivity contribution < 1.29 is 28.2 Å². The summed E-state index contributed by atoms with van der Waals surface area (Å²) in [5, 5.41) is 10.1. The van der Waals surface area contributed by atoms with Gasteiger partial charge in [0.2, 0.25) is 0 Å². The maximum Gasteiger partial charge on any atom is 0.327 e. The summed E-state index contributed by atoms with van der Waals surface area (Å²) in [4.78, 5) is 24.4. The van der Waals surface area contributed by atoms with Gasteiger partial charge >= 0.3 is 11.9 Å². The molecule has 2 rings (SSSR count). The van der Waals surface area contributed by atoms with Crippen LogP contribution in [0.1, 0.15) is 56.9 Å². The zero-order valence-electron chi connectivity index (χ0n) is 18.4. The summed E-state index contributed by atoms with van der Waals surface area (Å²) in [5.74, 6) is 1.18. The second-order valence-electron chi connectivity index (χ2n) is 7.87. The van der Waals surface area contributed by atoms with Gasteiger partial charge in [-0.2, -0.15) is 8.78 Å². The molecule has 1 aromatic rings. The number of methoxy groups -OCH3 is 1. The smallest absolute Gasteiger partial charge is 0.327 e. The number of benzene rings is 1. The fourth-order valence-electron chi connectivity index (χ4n) is 3.53. The molecule has 1 aliphatic rings. The molecule has 1 fully saturated rings. The molecule has 2 atom stereocenters. The molecule has 1 aliphatic heterocycles. The predicted octanol–water partition coefficient (Wildman–Crippen LogP) is 4.10. The summed E-state index contributed by atoms with van der Waals surface area (Å²) in [6, 6.07) is 8.76. The Hall–Kier alpha value is -2.72. The average molecular weight is 448 g/mol. The third-order valence-corrected chi connectivity index (χ3v) is 5.32. The molecule has 0 radical (unpaired) electrons. The second-order valence-corrected chi connectivity index (χ2v) is 7.87. The number of nitrogens with zero attached hydrogens (tertiary/aromatic N) is 1. The Morgan fingerprint density at radius 2 is 2.00 bits per heavy atom. The van der Waals surface area contributed by atoms with Crippen molar-refractivity contribution in [1.82, 2.24) is 4.90 Å². The van der Waals surface area contributed by atoms with Crippen LogP contribution in [0.4, 0.5) is 8.78 Å². The van der Waals surface area contributed by atoms with Crippen molar-refractivity contribution in [3.63, 3.8) is 0 Å². The average Bonchev–Trinajstić information content (AvgIpc) is 3.00. The van der Waals surface area contributed by atoms with Crippen LogP contribution in [0.15, 0.2) is 42.5 Å². The summed E-state index contributed by atoms with van der Waals surface area (Å²) >= 11 is 0. The van der Waals surface area contributed by atoms with E-state index in [4.69, 9.17) is 0 Å². The van der Waals surface area contributed by atoms with Crippen LogP contribution in [0, 0.1) is 11.8 Å². The number of alkyl halides is 2. The van der Waals surface area contributed by atoms with Gasteiger partial charge in [0.1, 0.15) is 0 Å². The summed E-state index contributed by atoms with van der Waals surface area (Å²) in [5.41, 5.74) is 0.894. The largest absolute Gasteiger partial charge is 0.469 e. The van der Waals surface area contributed by atoms with Crippen LogP contribution >= 0.6 is 0 Å². The van der Waals surface area contributed by atoms with Crippen LogP contribution in [-0.4, -0.2) is 53.6 Å². The van der Waals surface area contributed by atoms with Gasteiger partial charge in [-0.1, -0.05) is 55.0 Å². The quantitative estimate of drug-likeness (QED) is 0.240. The van der Waals surface area contributed by atoms with Crippen LogP contribution in [0.25, 0.3) is 0 Å². The van der Waals surface area contributed by atoms with Crippen LogP contribution < -0.4 is 0 Å². The maximum absolute atomic E-state index is 14.0. The van der Waals surface area contributed by atoms with Gasteiger partial charge in [0.05, 0.1) is 19.3 Å². The maximum atomic E-state index is 14.0. The fraction of sp³-hybridized carbons (Fsp3) is 0.520. The van der Waals surface area contributed by atoms with Crippen molar-refractivity contribution in [1.29, 1.82) is 0 Å². The van der Waals surface area contributed by atoms with Crippen LogP contribution in [-0.2, 0) is 14.3 Å². The number of aliphatic hydroxyl groups excluding tert-OH is 1. The first-order valence-electron chi connectivity index (χ1n) is 11.0. The number of likely N-dealkylation sites (tertiary alicyclic amines) is 1. The van der Waals surface area contributed by atoms with Crippen molar-refractivity contribution in [2.75, 3.05) is 13.7 Å². The Labute approximate surface area is 188 Å². The van der Waals surface area contributed by atoms with E-state index < -0.39 is 30.4 Å². The standard InChI is InChI=1S/C25H31F2NO4/c1-32-23(30)15-7-2-3-10-18-28-21(19-25(26,27)24(28)31)16-17-22(29)14-9-8-13-20-11-5-4-6-12-20/h4-6,11-12,16-17,21-22,29H,2-3,7,9-10,14-15,18-19H2,1H3/t21-,22-/m0/s1. The van der Waals surface area contributed by atoms with E-state index in [1.54, 1.807) is 0 Å². The normalized spacial score (nSPS) is 18.4. The topological polar surface area (TPSA) is 66.8 Å². The Morgan fingerprint density at radius 3 is 2.72 bits per heavy atom. The van der Waals surface area contributed by atoms with E-state index >= 15 is 0 Å². The molecular formula is C25H31F2NO4. The summed E-state index contributed by atoms with van der Waals surface area (Å²) in [6.45, 7) is 0.223. The van der Waals surface area contributed by atoms with Gasteiger partial charge in [-0.05, 0) is 31.4 Å². The lowest BCUT2D eigenvalue weighted by Gasteiger charge is -2.22. The molecule has 7 heteroatoms. The van der Waals surface area contributed by atoms with E-state index in [0.29, 0.717) is 32.1 Å². The lowest BCUT2D eigenvalue weighted by Crippen LogP contribution is -2.36. The van der Waals surface area contributed by atoms with Gasteiger partial charge in [0.25, 0.3) is 5.91 Å². The molecule has 1 heterocycles. The molecule has 0 spiro atoms. The third-order valence-electron chi connectivity index (χ3n) is 5.32. The number of hydrogen-bond acceptors (Lipinski definition) is 4. The minimum Gasteiger partial charge on any atom is -0.469 e. The predicted molar refractivity (Wildman–Crippen MR) is 118 cm³/mol. The Kier molecular flexibility index (Phi) is 10.4. The van der Waals surface area contributed by atoms with Crippen molar-refractivity contribution in [3.05, 3.63) is 48.0 Å². The fourth-order valence-corrected chi connectivity index (χ4v) is 3.53. The molecule has 174 valence electrons. The summed E-state index contributed by atoms with van der Waals surface area (Å²) < 4.78 is 32.5. The number of ether oxygens (including phenoxy) is 1. The number of hydrogen-bond donors (Lipinski definition) is 1. The Morgan fingerprint density at radius 1 is 1.28 bits per heavy atom. The number of amides is 1. The van der Waals surface area contributed by atoms with Gasteiger partial charge in [-0.25, -0.2) is 0 Å². The zero-order chi connectivity index (χ0) is 23.4. The van der Waals surface area contributed by atoms with Crippen molar-refractivity contribution in [2.24, 2.45) is 0 Å². The number of unbranched alkanes of at least 4 members (excludes halogenated alkanes) is 3. The first kappa shape index (κ1) is 25.5. The monoisotopic (exact) mass is 447 g/mol. The zero-order valence-corrected chi connectivity index (χ0v) is 18.4. The summed E-state index contributed by atoms with van der Waals surface area (Å²) in [6.07, 6.45) is 5.50. The number of carbonyl (C=O) groups excluding carboxylic acids is 2. The highest BCUT2D eigenvalue weighted by molar-refractivity contribution is 5.86. The van der Waals surface area contributed by atoms with E-state index in [1.807, 2.05) is 30.3 Å². The van der Waals surface area contributed by atoms with Gasteiger partial charge in [-0.15, -0.1) is 0 Å². The molecular weight excluding hydrogens is 416 g/mol. The number of esters is 1. The Balaban J connectivity index is 1.79. The highest BCUT2D eigenvalue weighted by Crippen LogP contribution is 2.34. The van der Waals surface area contributed by atoms with Gasteiger partial charge in [0, 0.05) is 31.4 Å². The number of halogens is 2. The molecule has 1 amide bonds. The first-order valence-corrected chi connectivity index (χ1v) is 11.0. The highest BCUT2D eigenvalue weighted by Gasteiger charge is 2.52. The lowest BCUT2D eigenvalue weighted by molar-refractivity contribution is -0.148. The third kappa shape index (κ3) is 8.43. The number of rotatable bonds is 11. The molecule has 32 heavy (non-hydrogen) atoms. The van der Waals surface area contributed by atoms with Crippen molar-refractivity contribution in [3.8, 4) is 11.8 Å². The minimum absolute atomic E-state index is 0.223. The molecule has 5 nitrogen and oxygen atoms in total. The molecule has 0 unspecified atom stereocenters. The Bertz CT molecular complexity index is 829. The van der Waals surface area contributed by atoms with Crippen molar-refractivity contribution in [2.45, 2.75) is 69.4 Å². The lowest BCUT2D eigenvalue weighted by atomic mass is 10.1. The van der Waals surface area contributed by atoms with Crippen LogP contribution in [0.2, 0.25) is 0 Å². The van der Waals surface area contributed by atoms with E-state index in [1.165, 1.54) is 24.2 Å². The van der Waals surface area contributed by atoms with E-state index in [2.05, 4.69) is 16.6 Å². The highest BCUT2D eigenvalue weighted by atomic mass is 19.3. The molecule has 1 saturated heterocycles. The molecule has 1 N–H and O–H groups in total. The van der Waals surface area contributed by atoms with E-state index in [9.17, 15) is 23.5 Å². The summed E-state index contributed by atoms with van der Waals surface area (Å²) in [7, 11) is 1.34. The molecule has 1 aromatic carbocycles. The van der Waals surface area contributed by atoms with Gasteiger partial charge in [-0.3, -0.25) is 9.59 Å².